The van der Waals surface area contributed by atoms with Crippen LogP contribution in [0.25, 0.3) is 0 Å². The Bertz CT molecular complexity index is 406. The van der Waals surface area contributed by atoms with E-state index in [1.54, 1.807) is 6.07 Å². The highest BCUT2D eigenvalue weighted by molar-refractivity contribution is 5.25. The Kier molecular flexibility index (Phi) is 3.13. The molecule has 0 heterocycles. The summed E-state index contributed by atoms with van der Waals surface area (Å²) < 4.78 is 54.7. The van der Waals surface area contributed by atoms with Crippen molar-refractivity contribution in [2.24, 2.45) is 5.73 Å². The van der Waals surface area contributed by atoms with Gasteiger partial charge < -0.3 is 5.73 Å². The van der Waals surface area contributed by atoms with Gasteiger partial charge >= 0.3 is 0 Å². The number of nitrogens with two attached hydrogens (primary N) is 1. The smallest absolute Gasteiger partial charge is 0.290 e. The van der Waals surface area contributed by atoms with E-state index in [0.717, 1.165) is 0 Å². The highest BCUT2D eigenvalue weighted by Crippen LogP contribution is 2.48. The van der Waals surface area contributed by atoms with Crippen molar-refractivity contribution < 1.29 is 17.6 Å². The van der Waals surface area contributed by atoms with E-state index >= 15 is 0 Å². The minimum absolute atomic E-state index is 0.210. The molecule has 0 saturated heterocycles. The molecule has 2 N–H and O–H groups in total. The predicted molar refractivity (Wildman–Crippen MR) is 60.7 cm³/mol. The lowest BCUT2D eigenvalue weighted by Gasteiger charge is -2.42. The Labute approximate surface area is 103 Å². The molecule has 0 bridgehead atoms. The second kappa shape index (κ2) is 4.23. The molecule has 1 aromatic rings. The summed E-state index contributed by atoms with van der Waals surface area (Å²) in [4.78, 5) is 0. The van der Waals surface area contributed by atoms with Crippen molar-refractivity contribution in [3.63, 3.8) is 0 Å². The zero-order chi connectivity index (χ0) is 13.4. The molecule has 2 rings (SSSR count). The third kappa shape index (κ3) is 2.23. The zero-order valence-electron chi connectivity index (χ0n) is 9.80. The average Bonchev–Trinajstić information content (AvgIpc) is 2.34. The van der Waals surface area contributed by atoms with E-state index in [9.17, 15) is 17.6 Å². The van der Waals surface area contributed by atoms with Gasteiger partial charge in [-0.3, -0.25) is 0 Å². The van der Waals surface area contributed by atoms with Crippen LogP contribution in [0.3, 0.4) is 0 Å². The minimum atomic E-state index is -3.29. The van der Waals surface area contributed by atoms with Crippen LogP contribution in [0.2, 0.25) is 0 Å². The summed E-state index contributed by atoms with van der Waals surface area (Å²) in [5, 5.41) is 0. The zero-order valence-corrected chi connectivity index (χ0v) is 9.80. The Morgan fingerprint density at radius 3 is 1.94 bits per heavy atom. The van der Waals surface area contributed by atoms with Crippen molar-refractivity contribution in [3.05, 3.63) is 35.9 Å². The molecule has 1 aromatic carbocycles. The quantitative estimate of drug-likeness (QED) is 0.807. The van der Waals surface area contributed by atoms with Gasteiger partial charge in [0.25, 0.3) is 5.92 Å². The van der Waals surface area contributed by atoms with Gasteiger partial charge in [-0.1, -0.05) is 30.3 Å². The second-order valence-corrected chi connectivity index (χ2v) is 4.95. The molecular weight excluding hydrogens is 246 g/mol. The fourth-order valence-electron chi connectivity index (χ4n) is 2.31. The van der Waals surface area contributed by atoms with Crippen LogP contribution in [0, 0.1) is 0 Å². The van der Waals surface area contributed by atoms with E-state index in [4.69, 9.17) is 5.73 Å². The van der Waals surface area contributed by atoms with Gasteiger partial charge in [-0.15, -0.1) is 0 Å². The lowest BCUT2D eigenvalue weighted by atomic mass is 9.74. The Hall–Kier alpha value is -1.10. The molecular formula is C13H15F4N. The minimum Gasteiger partial charge on any atom is -0.320 e. The molecule has 0 unspecified atom stereocenters. The summed E-state index contributed by atoms with van der Waals surface area (Å²) in [5.74, 6) is -6.15. The molecule has 0 amide bonds. The number of halogens is 4. The first kappa shape index (κ1) is 13.3. The van der Waals surface area contributed by atoms with Crippen LogP contribution < -0.4 is 5.73 Å². The fraction of sp³-hybridized carbons (Fsp3) is 0.538. The number of rotatable bonds is 2. The van der Waals surface area contributed by atoms with Crippen molar-refractivity contribution in [2.75, 3.05) is 0 Å². The fourth-order valence-corrected chi connectivity index (χ4v) is 2.31. The van der Waals surface area contributed by atoms with Crippen LogP contribution in [-0.2, 0) is 5.92 Å². The molecule has 1 nitrogen and oxygen atoms in total. The van der Waals surface area contributed by atoms with E-state index in [2.05, 4.69) is 0 Å². The van der Waals surface area contributed by atoms with Crippen LogP contribution in [-0.4, -0.2) is 11.5 Å². The number of benzene rings is 1. The maximum atomic E-state index is 14.3. The molecule has 0 aromatic heterocycles. The van der Waals surface area contributed by atoms with Crippen LogP contribution in [0.5, 0.6) is 0 Å². The third-order valence-electron chi connectivity index (χ3n) is 3.64. The van der Waals surface area contributed by atoms with Crippen molar-refractivity contribution >= 4 is 0 Å². The molecule has 1 aliphatic carbocycles. The van der Waals surface area contributed by atoms with E-state index < -0.39 is 30.2 Å². The summed E-state index contributed by atoms with van der Waals surface area (Å²) in [6.45, 7) is 0. The molecule has 1 saturated carbocycles. The van der Waals surface area contributed by atoms with Crippen molar-refractivity contribution in [1.29, 1.82) is 0 Å². The van der Waals surface area contributed by atoms with E-state index in [0.29, 0.717) is 0 Å². The first-order valence-electron chi connectivity index (χ1n) is 5.87. The van der Waals surface area contributed by atoms with E-state index in [1.165, 1.54) is 24.3 Å². The number of hydrogen-bond donors (Lipinski definition) is 1. The molecule has 18 heavy (non-hydrogen) atoms. The predicted octanol–water partition coefficient (Wildman–Crippen LogP) is 3.69. The largest absolute Gasteiger partial charge is 0.320 e. The van der Waals surface area contributed by atoms with Gasteiger partial charge in [-0.05, 0) is 12.8 Å². The summed E-state index contributed by atoms with van der Waals surface area (Å²) in [6.07, 6.45) is -1.90. The van der Waals surface area contributed by atoms with Crippen molar-refractivity contribution in [3.8, 4) is 0 Å². The van der Waals surface area contributed by atoms with Crippen LogP contribution in [0.15, 0.2) is 30.3 Å². The molecule has 1 fully saturated rings. The first-order valence-corrected chi connectivity index (χ1v) is 5.87. The lowest BCUT2D eigenvalue weighted by molar-refractivity contribution is -0.133. The molecule has 5 heteroatoms. The number of hydrogen-bond acceptors (Lipinski definition) is 1. The standard InChI is InChI=1S/C13H15F4N/c14-12(15)8-6-11(18,7-9-12)13(16,17)10-4-2-1-3-5-10/h1-5H,6-9,18H2. The van der Waals surface area contributed by atoms with Crippen molar-refractivity contribution in [2.45, 2.75) is 43.1 Å². The summed E-state index contributed by atoms with van der Waals surface area (Å²) in [7, 11) is 0. The van der Waals surface area contributed by atoms with E-state index in [-0.39, 0.29) is 18.4 Å². The summed E-state index contributed by atoms with van der Waals surface area (Å²) in [5.41, 5.74) is 3.62. The first-order chi connectivity index (χ1) is 8.27. The van der Waals surface area contributed by atoms with Gasteiger partial charge in [0.15, 0.2) is 0 Å². The monoisotopic (exact) mass is 261 g/mol. The van der Waals surface area contributed by atoms with Gasteiger partial charge in [-0.25, -0.2) is 8.78 Å². The molecule has 100 valence electrons. The Morgan fingerprint density at radius 1 is 0.944 bits per heavy atom. The third-order valence-corrected chi connectivity index (χ3v) is 3.64. The highest BCUT2D eigenvalue weighted by Gasteiger charge is 2.56. The Morgan fingerprint density at radius 2 is 1.44 bits per heavy atom. The van der Waals surface area contributed by atoms with Gasteiger partial charge in [-0.2, -0.15) is 8.78 Å². The highest BCUT2D eigenvalue weighted by atomic mass is 19.3. The molecule has 0 aliphatic heterocycles. The van der Waals surface area contributed by atoms with Crippen molar-refractivity contribution in [1.82, 2.24) is 0 Å². The molecule has 1 aliphatic rings. The average molecular weight is 261 g/mol. The maximum Gasteiger partial charge on any atom is 0.290 e. The summed E-state index contributed by atoms with van der Waals surface area (Å²) in [6, 6.07) is 7.16. The van der Waals surface area contributed by atoms with Gasteiger partial charge in [0.05, 0.1) is 5.54 Å². The van der Waals surface area contributed by atoms with Crippen LogP contribution >= 0.6 is 0 Å². The van der Waals surface area contributed by atoms with Gasteiger partial charge in [0, 0.05) is 18.4 Å². The van der Waals surface area contributed by atoms with Crippen LogP contribution in [0.1, 0.15) is 31.2 Å². The van der Waals surface area contributed by atoms with Gasteiger partial charge in [0.2, 0.25) is 5.92 Å². The molecule has 0 spiro atoms. The Balaban J connectivity index is 2.25. The maximum absolute atomic E-state index is 14.3. The van der Waals surface area contributed by atoms with Gasteiger partial charge in [0.1, 0.15) is 0 Å². The lowest BCUT2D eigenvalue weighted by Crippen LogP contribution is -2.57. The SMILES string of the molecule is NC1(C(F)(F)c2ccccc2)CCC(F)(F)CC1. The topological polar surface area (TPSA) is 26.0 Å². The summed E-state index contributed by atoms with van der Waals surface area (Å²) >= 11 is 0. The van der Waals surface area contributed by atoms with Crippen LogP contribution in [0.4, 0.5) is 17.6 Å². The van der Waals surface area contributed by atoms with E-state index in [1.807, 2.05) is 0 Å². The number of alkyl halides is 4. The second-order valence-electron chi connectivity index (χ2n) is 4.95. The molecule has 0 radical (unpaired) electrons. The molecule has 0 atom stereocenters. The normalized spacial score (nSPS) is 22.7.